The number of nitrogens with one attached hydrogen (secondary N) is 2. The Labute approximate surface area is 107 Å². The van der Waals surface area contributed by atoms with E-state index < -0.39 is 11.8 Å². The SMILES string of the molecule is O=C(Nc1ccccc1)C(=O)NC1CCCCC1. The lowest BCUT2D eigenvalue weighted by atomic mass is 9.95. The minimum absolute atomic E-state index is 0.160. The van der Waals surface area contributed by atoms with Crippen molar-refractivity contribution in [1.29, 1.82) is 0 Å². The molecule has 4 nitrogen and oxygen atoms in total. The summed E-state index contributed by atoms with van der Waals surface area (Å²) < 4.78 is 0. The molecule has 2 rings (SSSR count). The van der Waals surface area contributed by atoms with E-state index in [4.69, 9.17) is 0 Å². The molecule has 1 fully saturated rings. The molecule has 96 valence electrons. The molecule has 2 amide bonds. The monoisotopic (exact) mass is 246 g/mol. The Balaban J connectivity index is 1.83. The molecule has 0 radical (unpaired) electrons. The largest absolute Gasteiger partial charge is 0.345 e. The Hall–Kier alpha value is -1.84. The van der Waals surface area contributed by atoms with Crippen LogP contribution in [0.5, 0.6) is 0 Å². The first-order chi connectivity index (χ1) is 8.75. The number of amides is 2. The van der Waals surface area contributed by atoms with Crippen LogP contribution >= 0.6 is 0 Å². The fraction of sp³-hybridized carbons (Fsp3) is 0.429. The van der Waals surface area contributed by atoms with Gasteiger partial charge in [-0.05, 0) is 25.0 Å². The summed E-state index contributed by atoms with van der Waals surface area (Å²) in [7, 11) is 0. The summed E-state index contributed by atoms with van der Waals surface area (Å²) in [6.45, 7) is 0. The molecule has 1 aliphatic rings. The molecule has 1 aliphatic carbocycles. The van der Waals surface area contributed by atoms with Crippen LogP contribution in [0.1, 0.15) is 32.1 Å². The van der Waals surface area contributed by atoms with Crippen LogP contribution in [0.2, 0.25) is 0 Å². The van der Waals surface area contributed by atoms with Crippen LogP contribution in [0.3, 0.4) is 0 Å². The zero-order valence-electron chi connectivity index (χ0n) is 10.3. The summed E-state index contributed by atoms with van der Waals surface area (Å²) in [6, 6.07) is 9.16. The number of hydrogen-bond donors (Lipinski definition) is 2. The van der Waals surface area contributed by atoms with Gasteiger partial charge in [0.2, 0.25) is 0 Å². The second-order valence-electron chi connectivity index (χ2n) is 4.63. The molecule has 0 aromatic heterocycles. The Kier molecular flexibility index (Phi) is 4.34. The van der Waals surface area contributed by atoms with Crippen LogP contribution in [0, 0.1) is 0 Å². The summed E-state index contributed by atoms with van der Waals surface area (Å²) in [5, 5.41) is 5.37. The molecular weight excluding hydrogens is 228 g/mol. The molecular formula is C14H18N2O2. The van der Waals surface area contributed by atoms with Gasteiger partial charge in [0.05, 0.1) is 0 Å². The van der Waals surface area contributed by atoms with Gasteiger partial charge in [-0.25, -0.2) is 0 Å². The van der Waals surface area contributed by atoms with Gasteiger partial charge in [0.1, 0.15) is 0 Å². The Morgan fingerprint density at radius 3 is 2.28 bits per heavy atom. The van der Waals surface area contributed by atoms with Crippen LogP contribution in [0.25, 0.3) is 0 Å². The minimum atomic E-state index is -0.591. The van der Waals surface area contributed by atoms with Gasteiger partial charge in [0.25, 0.3) is 0 Å². The zero-order chi connectivity index (χ0) is 12.8. The van der Waals surface area contributed by atoms with E-state index in [1.54, 1.807) is 12.1 Å². The molecule has 0 heterocycles. The molecule has 4 heteroatoms. The summed E-state index contributed by atoms with van der Waals surface area (Å²) in [5.74, 6) is -1.13. The van der Waals surface area contributed by atoms with Gasteiger partial charge < -0.3 is 10.6 Å². The molecule has 0 spiro atoms. The summed E-state index contributed by atoms with van der Waals surface area (Å²) in [4.78, 5) is 23.4. The number of carbonyl (C=O) groups excluding carboxylic acids is 2. The lowest BCUT2D eigenvalue weighted by molar-refractivity contribution is -0.136. The van der Waals surface area contributed by atoms with Crippen molar-refractivity contribution in [3.05, 3.63) is 30.3 Å². The van der Waals surface area contributed by atoms with Gasteiger partial charge >= 0.3 is 11.8 Å². The van der Waals surface area contributed by atoms with Crippen LogP contribution in [-0.4, -0.2) is 17.9 Å². The highest BCUT2D eigenvalue weighted by Crippen LogP contribution is 2.17. The van der Waals surface area contributed by atoms with Crippen molar-refractivity contribution in [2.75, 3.05) is 5.32 Å². The number of benzene rings is 1. The minimum Gasteiger partial charge on any atom is -0.345 e. The van der Waals surface area contributed by atoms with Crippen LogP contribution < -0.4 is 10.6 Å². The van der Waals surface area contributed by atoms with E-state index in [2.05, 4.69) is 10.6 Å². The third-order valence-electron chi connectivity index (χ3n) is 3.18. The topological polar surface area (TPSA) is 58.2 Å². The van der Waals surface area contributed by atoms with E-state index in [-0.39, 0.29) is 6.04 Å². The van der Waals surface area contributed by atoms with Gasteiger partial charge in [-0.2, -0.15) is 0 Å². The van der Waals surface area contributed by atoms with E-state index >= 15 is 0 Å². The fourth-order valence-electron chi connectivity index (χ4n) is 2.21. The van der Waals surface area contributed by atoms with Crippen LogP contribution in [0.15, 0.2) is 30.3 Å². The first-order valence-electron chi connectivity index (χ1n) is 6.42. The molecule has 2 N–H and O–H groups in total. The Morgan fingerprint density at radius 1 is 0.944 bits per heavy atom. The van der Waals surface area contributed by atoms with E-state index in [1.807, 2.05) is 18.2 Å². The third kappa shape index (κ3) is 3.58. The van der Waals surface area contributed by atoms with Crippen molar-refractivity contribution in [3.63, 3.8) is 0 Å². The quantitative estimate of drug-likeness (QED) is 0.785. The van der Waals surface area contributed by atoms with Gasteiger partial charge in [0.15, 0.2) is 0 Å². The zero-order valence-corrected chi connectivity index (χ0v) is 10.3. The van der Waals surface area contributed by atoms with Crippen LogP contribution in [-0.2, 0) is 9.59 Å². The molecule has 0 saturated heterocycles. The van der Waals surface area contributed by atoms with Gasteiger partial charge in [-0.3, -0.25) is 9.59 Å². The predicted octanol–water partition coefficient (Wildman–Crippen LogP) is 2.07. The van der Waals surface area contributed by atoms with E-state index in [9.17, 15) is 9.59 Å². The van der Waals surface area contributed by atoms with Crippen molar-refractivity contribution in [2.24, 2.45) is 0 Å². The third-order valence-corrected chi connectivity index (χ3v) is 3.18. The molecule has 0 atom stereocenters. The van der Waals surface area contributed by atoms with Crippen molar-refractivity contribution >= 4 is 17.5 Å². The first kappa shape index (κ1) is 12.6. The van der Waals surface area contributed by atoms with E-state index in [0.717, 1.165) is 25.7 Å². The number of para-hydroxylation sites is 1. The molecule has 0 bridgehead atoms. The van der Waals surface area contributed by atoms with Crippen molar-refractivity contribution in [2.45, 2.75) is 38.1 Å². The summed E-state index contributed by atoms with van der Waals surface area (Å²) >= 11 is 0. The number of hydrogen-bond acceptors (Lipinski definition) is 2. The predicted molar refractivity (Wildman–Crippen MR) is 70.1 cm³/mol. The van der Waals surface area contributed by atoms with Gasteiger partial charge in [-0.1, -0.05) is 37.5 Å². The number of anilines is 1. The highest BCUT2D eigenvalue weighted by atomic mass is 16.2. The van der Waals surface area contributed by atoms with Crippen molar-refractivity contribution < 1.29 is 9.59 Å². The highest BCUT2D eigenvalue weighted by molar-refractivity contribution is 6.39. The maximum atomic E-state index is 11.7. The Bertz CT molecular complexity index is 411. The van der Waals surface area contributed by atoms with E-state index in [0.29, 0.717) is 5.69 Å². The number of rotatable bonds is 2. The molecule has 1 saturated carbocycles. The normalized spacial score (nSPS) is 16.0. The van der Waals surface area contributed by atoms with Crippen LogP contribution in [0.4, 0.5) is 5.69 Å². The lowest BCUT2D eigenvalue weighted by Crippen LogP contribution is -2.42. The smallest absolute Gasteiger partial charge is 0.313 e. The van der Waals surface area contributed by atoms with Gasteiger partial charge in [-0.15, -0.1) is 0 Å². The molecule has 1 aromatic rings. The average molecular weight is 246 g/mol. The Morgan fingerprint density at radius 2 is 1.61 bits per heavy atom. The number of carbonyl (C=O) groups is 2. The molecule has 18 heavy (non-hydrogen) atoms. The second kappa shape index (κ2) is 6.19. The summed E-state index contributed by atoms with van der Waals surface area (Å²) in [5.41, 5.74) is 0.640. The molecule has 0 unspecified atom stereocenters. The first-order valence-corrected chi connectivity index (χ1v) is 6.42. The standard InChI is InChI=1S/C14H18N2O2/c17-13(15-11-7-3-1-4-8-11)14(18)16-12-9-5-2-6-10-12/h1,3-4,7-8,12H,2,5-6,9-10H2,(H,15,17)(H,16,18). The second-order valence-corrected chi connectivity index (χ2v) is 4.63. The van der Waals surface area contributed by atoms with Crippen molar-refractivity contribution in [1.82, 2.24) is 5.32 Å². The maximum Gasteiger partial charge on any atom is 0.313 e. The highest BCUT2D eigenvalue weighted by Gasteiger charge is 2.20. The fourth-order valence-corrected chi connectivity index (χ4v) is 2.21. The summed E-state index contributed by atoms with van der Waals surface area (Å²) in [6.07, 6.45) is 5.44. The molecule has 0 aliphatic heterocycles. The van der Waals surface area contributed by atoms with Crippen molar-refractivity contribution in [3.8, 4) is 0 Å². The molecule has 1 aromatic carbocycles. The average Bonchev–Trinajstić information content (AvgIpc) is 2.41. The lowest BCUT2D eigenvalue weighted by Gasteiger charge is -2.22. The van der Waals surface area contributed by atoms with Gasteiger partial charge in [0, 0.05) is 11.7 Å². The maximum absolute atomic E-state index is 11.7. The van der Waals surface area contributed by atoms with E-state index in [1.165, 1.54) is 6.42 Å².